The highest BCUT2D eigenvalue weighted by atomic mass is 32.2. The monoisotopic (exact) mass is 452 g/mol. The molecule has 0 spiro atoms. The molecule has 0 bridgehead atoms. The molecule has 31 heavy (non-hydrogen) atoms. The second-order valence-corrected chi connectivity index (χ2v) is 9.52. The largest absolute Gasteiger partial charge is 0.486 e. The fourth-order valence-electron chi connectivity index (χ4n) is 4.07. The summed E-state index contributed by atoms with van der Waals surface area (Å²) in [6.07, 6.45) is 1.20. The Kier molecular flexibility index (Phi) is 6.35. The lowest BCUT2D eigenvalue weighted by Gasteiger charge is -2.31. The predicted molar refractivity (Wildman–Crippen MR) is 112 cm³/mol. The molecule has 4 rings (SSSR count). The smallest absolute Gasteiger partial charge is 0.345 e. The Bertz CT molecular complexity index is 1090. The van der Waals surface area contributed by atoms with Crippen molar-refractivity contribution in [2.75, 3.05) is 40.0 Å². The van der Waals surface area contributed by atoms with Gasteiger partial charge in [-0.15, -0.1) is 0 Å². The van der Waals surface area contributed by atoms with Crippen LogP contribution in [0.15, 0.2) is 27.9 Å². The second-order valence-electron chi connectivity index (χ2n) is 7.58. The zero-order chi connectivity index (χ0) is 22.0. The molecule has 1 aromatic carbocycles. The van der Waals surface area contributed by atoms with Crippen LogP contribution in [0.4, 0.5) is 0 Å². The van der Waals surface area contributed by atoms with Crippen molar-refractivity contribution in [2.45, 2.75) is 43.7 Å². The van der Waals surface area contributed by atoms with Crippen molar-refractivity contribution in [3.63, 3.8) is 0 Å². The van der Waals surface area contributed by atoms with Crippen LogP contribution < -0.4 is 15.2 Å². The average molecular weight is 453 g/mol. The number of fused-ring (bicyclic) bond motifs is 1. The fraction of sp³-hybridized carbons (Fsp3) is 0.600. The molecule has 0 atom stereocenters. The molecule has 0 saturated carbocycles. The Hall–Kier alpha value is -2.37. The second kappa shape index (κ2) is 9.01. The number of sulfonamides is 1. The van der Waals surface area contributed by atoms with E-state index in [0.29, 0.717) is 70.3 Å². The van der Waals surface area contributed by atoms with E-state index in [0.717, 1.165) is 5.82 Å². The average Bonchev–Trinajstić information content (AvgIpc) is 3.12. The number of hydrogen-bond donors (Lipinski definition) is 0. The first-order valence-corrected chi connectivity index (χ1v) is 12.0. The first kappa shape index (κ1) is 21.8. The summed E-state index contributed by atoms with van der Waals surface area (Å²) in [7, 11) is -2.06. The van der Waals surface area contributed by atoms with Gasteiger partial charge in [0, 0.05) is 38.7 Å². The Labute approximate surface area is 181 Å². The summed E-state index contributed by atoms with van der Waals surface area (Å²) < 4.78 is 47.0. The number of piperidine rings is 1. The van der Waals surface area contributed by atoms with Gasteiger partial charge < -0.3 is 14.2 Å². The van der Waals surface area contributed by atoms with Gasteiger partial charge in [0.1, 0.15) is 19.0 Å². The van der Waals surface area contributed by atoms with Gasteiger partial charge in [-0.3, -0.25) is 4.57 Å². The highest BCUT2D eigenvalue weighted by Crippen LogP contribution is 2.35. The third-order valence-electron chi connectivity index (χ3n) is 5.75. The molecule has 10 nitrogen and oxygen atoms in total. The third kappa shape index (κ3) is 4.21. The summed E-state index contributed by atoms with van der Waals surface area (Å²) in [4.78, 5) is 12.8. The van der Waals surface area contributed by atoms with Gasteiger partial charge in [0.2, 0.25) is 10.0 Å². The molecule has 2 aliphatic heterocycles. The zero-order valence-electron chi connectivity index (χ0n) is 17.8. The summed E-state index contributed by atoms with van der Waals surface area (Å²) in [5.41, 5.74) is -0.152. The molecule has 1 fully saturated rings. The van der Waals surface area contributed by atoms with Crippen LogP contribution in [0, 0.1) is 0 Å². The Balaban J connectivity index is 1.49. The van der Waals surface area contributed by atoms with E-state index in [2.05, 4.69) is 5.10 Å². The maximum atomic E-state index is 13.2. The normalized spacial score (nSPS) is 17.7. The van der Waals surface area contributed by atoms with E-state index in [1.165, 1.54) is 15.1 Å². The lowest BCUT2D eigenvalue weighted by Crippen LogP contribution is -2.38. The van der Waals surface area contributed by atoms with Gasteiger partial charge in [-0.1, -0.05) is 0 Å². The van der Waals surface area contributed by atoms with Crippen molar-refractivity contribution in [2.24, 2.45) is 0 Å². The Morgan fingerprint density at radius 2 is 1.87 bits per heavy atom. The van der Waals surface area contributed by atoms with E-state index in [-0.39, 0.29) is 16.5 Å². The minimum absolute atomic E-state index is 0.0307. The topological polar surface area (TPSA) is 105 Å². The standard InChI is InChI=1S/C20H28N4O6S/c1-3-23-19(21-24(20(23)25)10-11-28-2)15-6-8-22(9-7-15)31(26,27)16-4-5-17-18(14-16)30-13-12-29-17/h4-5,14-15H,3,6-13H2,1-2H3. The number of aromatic nitrogens is 3. The first-order valence-electron chi connectivity index (χ1n) is 10.5. The van der Waals surface area contributed by atoms with Crippen LogP contribution in [0.2, 0.25) is 0 Å². The number of hydrogen-bond acceptors (Lipinski definition) is 7. The fourth-order valence-corrected chi connectivity index (χ4v) is 5.55. The number of benzene rings is 1. The molecule has 0 radical (unpaired) electrons. The van der Waals surface area contributed by atoms with Crippen LogP contribution in [0.3, 0.4) is 0 Å². The lowest BCUT2D eigenvalue weighted by molar-refractivity contribution is 0.171. The van der Waals surface area contributed by atoms with Crippen molar-refractivity contribution in [1.29, 1.82) is 0 Å². The number of ether oxygens (including phenoxy) is 3. The quantitative estimate of drug-likeness (QED) is 0.618. The Morgan fingerprint density at radius 1 is 1.16 bits per heavy atom. The molecule has 1 saturated heterocycles. The molecule has 2 aliphatic rings. The van der Waals surface area contributed by atoms with Crippen LogP contribution in [-0.2, 0) is 27.8 Å². The SMILES string of the molecule is CCn1c(C2CCN(S(=O)(=O)c3ccc4c(c3)OCCO4)CC2)nn(CCOC)c1=O. The molecule has 0 aliphatic carbocycles. The van der Waals surface area contributed by atoms with Gasteiger partial charge in [0.25, 0.3) is 0 Å². The van der Waals surface area contributed by atoms with Crippen molar-refractivity contribution >= 4 is 10.0 Å². The van der Waals surface area contributed by atoms with Crippen molar-refractivity contribution < 1.29 is 22.6 Å². The molecule has 170 valence electrons. The van der Waals surface area contributed by atoms with Gasteiger partial charge in [-0.2, -0.15) is 9.40 Å². The Morgan fingerprint density at radius 3 is 2.55 bits per heavy atom. The molecule has 0 unspecified atom stereocenters. The summed E-state index contributed by atoms with van der Waals surface area (Å²) in [5, 5.41) is 4.52. The number of rotatable bonds is 7. The van der Waals surface area contributed by atoms with Gasteiger partial charge >= 0.3 is 5.69 Å². The van der Waals surface area contributed by atoms with Crippen LogP contribution in [-0.4, -0.2) is 67.1 Å². The van der Waals surface area contributed by atoms with Crippen LogP contribution in [0.25, 0.3) is 0 Å². The summed E-state index contributed by atoms with van der Waals surface area (Å²) in [6, 6.07) is 4.73. The zero-order valence-corrected chi connectivity index (χ0v) is 18.6. The minimum atomic E-state index is -3.64. The van der Waals surface area contributed by atoms with Gasteiger partial charge in [0.05, 0.1) is 18.0 Å². The van der Waals surface area contributed by atoms with E-state index < -0.39 is 10.0 Å². The van der Waals surface area contributed by atoms with E-state index in [9.17, 15) is 13.2 Å². The molecule has 3 heterocycles. The van der Waals surface area contributed by atoms with Gasteiger partial charge in [0.15, 0.2) is 11.5 Å². The van der Waals surface area contributed by atoms with Crippen molar-refractivity contribution in [3.05, 3.63) is 34.5 Å². The number of methoxy groups -OCH3 is 1. The maximum Gasteiger partial charge on any atom is 0.345 e. The van der Waals surface area contributed by atoms with Gasteiger partial charge in [-0.05, 0) is 31.9 Å². The van der Waals surface area contributed by atoms with E-state index in [1.54, 1.807) is 23.8 Å². The van der Waals surface area contributed by atoms with E-state index in [1.807, 2.05) is 6.92 Å². The molecule has 0 amide bonds. The van der Waals surface area contributed by atoms with E-state index >= 15 is 0 Å². The molecular weight excluding hydrogens is 424 g/mol. The van der Waals surface area contributed by atoms with Crippen LogP contribution >= 0.6 is 0 Å². The summed E-state index contributed by atoms with van der Waals surface area (Å²) in [6.45, 7) is 4.83. The van der Waals surface area contributed by atoms with E-state index in [4.69, 9.17) is 14.2 Å². The minimum Gasteiger partial charge on any atom is -0.486 e. The third-order valence-corrected chi connectivity index (χ3v) is 7.64. The molecule has 2 aromatic rings. The van der Waals surface area contributed by atoms with Crippen LogP contribution in [0.5, 0.6) is 11.5 Å². The maximum absolute atomic E-state index is 13.2. The molecule has 11 heteroatoms. The molecule has 1 aromatic heterocycles. The predicted octanol–water partition coefficient (Wildman–Crippen LogP) is 1.05. The highest BCUT2D eigenvalue weighted by molar-refractivity contribution is 7.89. The summed E-state index contributed by atoms with van der Waals surface area (Å²) in [5.74, 6) is 1.77. The lowest BCUT2D eigenvalue weighted by atomic mass is 9.97. The molecule has 0 N–H and O–H groups in total. The van der Waals surface area contributed by atoms with Crippen LogP contribution in [0.1, 0.15) is 31.5 Å². The van der Waals surface area contributed by atoms with Gasteiger partial charge in [-0.25, -0.2) is 17.9 Å². The van der Waals surface area contributed by atoms with Crippen molar-refractivity contribution in [1.82, 2.24) is 18.7 Å². The molecular formula is C20H28N4O6S. The van der Waals surface area contributed by atoms with Crippen molar-refractivity contribution in [3.8, 4) is 11.5 Å². The summed E-state index contributed by atoms with van der Waals surface area (Å²) >= 11 is 0. The number of nitrogens with zero attached hydrogens (tertiary/aromatic N) is 4. The first-order chi connectivity index (χ1) is 15.0. The highest BCUT2D eigenvalue weighted by Gasteiger charge is 2.33.